The summed E-state index contributed by atoms with van der Waals surface area (Å²) in [5, 5.41) is 3.34. The average molecular weight is 411 g/mol. The van der Waals surface area contributed by atoms with Crippen LogP contribution in [0, 0.1) is 0 Å². The third kappa shape index (κ3) is 3.71. The predicted molar refractivity (Wildman–Crippen MR) is 112 cm³/mol. The number of benzene rings is 1. The summed E-state index contributed by atoms with van der Waals surface area (Å²) in [6.45, 7) is 1.89. The first-order chi connectivity index (χ1) is 14.5. The number of hydrogen-bond acceptors (Lipinski definition) is 6. The number of nitrogens with one attached hydrogen (secondary N) is 1. The van der Waals surface area contributed by atoms with E-state index in [-0.39, 0.29) is 17.9 Å². The molecule has 1 aromatic rings. The van der Waals surface area contributed by atoms with Gasteiger partial charge in [-0.1, -0.05) is 6.07 Å². The van der Waals surface area contributed by atoms with Gasteiger partial charge in [0.25, 0.3) is 0 Å². The molecule has 1 aliphatic heterocycles. The Balaban J connectivity index is 1.79. The molecule has 6 nitrogen and oxygen atoms in total. The summed E-state index contributed by atoms with van der Waals surface area (Å²) in [6, 6.07) is 5.58. The monoisotopic (exact) mass is 411 g/mol. The Hall–Kier alpha value is -2.76. The third-order valence-corrected chi connectivity index (χ3v) is 6.31. The highest BCUT2D eigenvalue weighted by Crippen LogP contribution is 2.44. The number of carbonyl (C=O) groups excluding carboxylic acids is 2. The summed E-state index contributed by atoms with van der Waals surface area (Å²) in [4.78, 5) is 26.3. The van der Waals surface area contributed by atoms with E-state index in [4.69, 9.17) is 14.2 Å². The average Bonchev–Trinajstić information content (AvgIpc) is 3.25. The maximum absolute atomic E-state index is 13.3. The van der Waals surface area contributed by atoms with Crippen LogP contribution in [0.2, 0.25) is 0 Å². The van der Waals surface area contributed by atoms with Crippen molar-refractivity contribution in [2.75, 3.05) is 14.2 Å². The van der Waals surface area contributed by atoms with E-state index in [0.717, 1.165) is 55.5 Å². The number of rotatable bonds is 5. The number of carbonyl (C=O) groups is 2. The van der Waals surface area contributed by atoms with Crippen LogP contribution in [-0.4, -0.2) is 32.1 Å². The Morgan fingerprint density at radius 1 is 1.03 bits per heavy atom. The summed E-state index contributed by atoms with van der Waals surface area (Å²) >= 11 is 0. The predicted octanol–water partition coefficient (Wildman–Crippen LogP) is 4.16. The summed E-state index contributed by atoms with van der Waals surface area (Å²) < 4.78 is 16.7. The van der Waals surface area contributed by atoms with Crippen LogP contribution in [-0.2, 0) is 14.3 Å². The maximum Gasteiger partial charge on any atom is 0.337 e. The molecule has 0 saturated heterocycles. The van der Waals surface area contributed by atoms with Gasteiger partial charge in [-0.05, 0) is 63.1 Å². The lowest BCUT2D eigenvalue weighted by molar-refractivity contribution is -0.144. The Morgan fingerprint density at radius 2 is 1.77 bits per heavy atom. The molecule has 1 saturated carbocycles. The van der Waals surface area contributed by atoms with Gasteiger partial charge in [0.15, 0.2) is 17.3 Å². The quantitative estimate of drug-likeness (QED) is 0.734. The SMILES string of the molecule is COc1ccc([C@@H]2C(C(=O)OC3CCCC3)=C(C)NC3=C2C(=O)CCC3)cc1OC. The summed E-state index contributed by atoms with van der Waals surface area (Å²) in [5.74, 6) is 0.455. The second kappa shape index (κ2) is 8.54. The minimum absolute atomic E-state index is 0.0405. The minimum atomic E-state index is -0.470. The van der Waals surface area contributed by atoms with E-state index in [1.807, 2.05) is 25.1 Å². The second-order valence-electron chi connectivity index (χ2n) is 8.19. The van der Waals surface area contributed by atoms with Gasteiger partial charge in [-0.25, -0.2) is 4.79 Å². The topological polar surface area (TPSA) is 73.9 Å². The minimum Gasteiger partial charge on any atom is -0.493 e. The lowest BCUT2D eigenvalue weighted by atomic mass is 9.75. The molecule has 1 N–H and O–H groups in total. The lowest BCUT2D eigenvalue weighted by Crippen LogP contribution is -2.35. The van der Waals surface area contributed by atoms with E-state index in [2.05, 4.69) is 5.32 Å². The fourth-order valence-corrected chi connectivity index (χ4v) is 4.84. The van der Waals surface area contributed by atoms with Crippen LogP contribution in [0.3, 0.4) is 0 Å². The smallest absolute Gasteiger partial charge is 0.337 e. The van der Waals surface area contributed by atoms with E-state index in [9.17, 15) is 9.59 Å². The first-order valence-electron chi connectivity index (χ1n) is 10.7. The molecule has 0 spiro atoms. The van der Waals surface area contributed by atoms with Crippen molar-refractivity contribution < 1.29 is 23.8 Å². The van der Waals surface area contributed by atoms with Crippen molar-refractivity contribution in [3.8, 4) is 11.5 Å². The molecule has 6 heteroatoms. The lowest BCUT2D eigenvalue weighted by Gasteiger charge is -2.34. The molecule has 1 aromatic carbocycles. The second-order valence-corrected chi connectivity index (χ2v) is 8.19. The molecule has 3 aliphatic rings. The molecular weight excluding hydrogens is 382 g/mol. The van der Waals surface area contributed by atoms with Crippen molar-refractivity contribution >= 4 is 11.8 Å². The molecule has 2 aliphatic carbocycles. The van der Waals surface area contributed by atoms with Gasteiger partial charge < -0.3 is 19.5 Å². The van der Waals surface area contributed by atoms with E-state index in [1.165, 1.54) is 0 Å². The number of ketones is 1. The Kier molecular flexibility index (Phi) is 5.84. The van der Waals surface area contributed by atoms with Gasteiger partial charge in [-0.3, -0.25) is 4.79 Å². The molecular formula is C24H29NO5. The Morgan fingerprint density at radius 3 is 2.47 bits per heavy atom. The van der Waals surface area contributed by atoms with Crippen molar-refractivity contribution in [1.82, 2.24) is 5.32 Å². The molecule has 0 bridgehead atoms. The standard InChI is InChI=1S/C24H29NO5/c1-14-21(24(27)30-16-7-4-5-8-16)22(23-17(25-14)9-6-10-18(23)26)15-11-12-19(28-2)20(13-15)29-3/h11-13,16,22,25H,4-10H2,1-3H3/t22-/m1/s1. The van der Waals surface area contributed by atoms with Gasteiger partial charge in [-0.2, -0.15) is 0 Å². The highest BCUT2D eigenvalue weighted by molar-refractivity contribution is 6.03. The van der Waals surface area contributed by atoms with Gasteiger partial charge in [0.2, 0.25) is 0 Å². The Labute approximate surface area is 177 Å². The van der Waals surface area contributed by atoms with E-state index in [1.54, 1.807) is 14.2 Å². The summed E-state index contributed by atoms with van der Waals surface area (Å²) in [7, 11) is 3.17. The van der Waals surface area contributed by atoms with Crippen LogP contribution in [0.5, 0.6) is 11.5 Å². The number of allylic oxidation sites excluding steroid dienone is 3. The first kappa shape index (κ1) is 20.5. The van der Waals surface area contributed by atoms with Crippen molar-refractivity contribution in [2.45, 2.75) is 63.9 Å². The largest absolute Gasteiger partial charge is 0.493 e. The molecule has 0 aromatic heterocycles. The van der Waals surface area contributed by atoms with Crippen LogP contribution in [0.25, 0.3) is 0 Å². The summed E-state index contributed by atoms with van der Waals surface area (Å²) in [6.07, 6.45) is 6.04. The van der Waals surface area contributed by atoms with Crippen molar-refractivity contribution in [3.63, 3.8) is 0 Å². The van der Waals surface area contributed by atoms with Crippen LogP contribution in [0.4, 0.5) is 0 Å². The van der Waals surface area contributed by atoms with Gasteiger partial charge >= 0.3 is 5.97 Å². The first-order valence-corrected chi connectivity index (χ1v) is 10.7. The van der Waals surface area contributed by atoms with Gasteiger partial charge in [0, 0.05) is 29.3 Å². The molecule has 30 heavy (non-hydrogen) atoms. The zero-order valence-electron chi connectivity index (χ0n) is 17.9. The number of ether oxygens (including phenoxy) is 3. The molecule has 160 valence electrons. The fourth-order valence-electron chi connectivity index (χ4n) is 4.84. The van der Waals surface area contributed by atoms with E-state index in [0.29, 0.717) is 29.1 Å². The number of Topliss-reactive ketones (excluding diaryl/α,β-unsaturated/α-hetero) is 1. The van der Waals surface area contributed by atoms with Crippen molar-refractivity contribution in [1.29, 1.82) is 0 Å². The van der Waals surface area contributed by atoms with Gasteiger partial charge in [-0.15, -0.1) is 0 Å². The van der Waals surface area contributed by atoms with Crippen molar-refractivity contribution in [2.24, 2.45) is 0 Å². The highest BCUT2D eigenvalue weighted by Gasteiger charge is 2.40. The molecule has 4 rings (SSSR count). The summed E-state index contributed by atoms with van der Waals surface area (Å²) in [5.41, 5.74) is 3.70. The van der Waals surface area contributed by atoms with Crippen LogP contribution >= 0.6 is 0 Å². The highest BCUT2D eigenvalue weighted by atomic mass is 16.5. The van der Waals surface area contributed by atoms with Gasteiger partial charge in [0.1, 0.15) is 6.10 Å². The number of methoxy groups -OCH3 is 2. The number of dihydropyridines is 1. The fraction of sp³-hybridized carbons (Fsp3) is 0.500. The molecule has 0 unspecified atom stereocenters. The Bertz CT molecular complexity index is 924. The van der Waals surface area contributed by atoms with Gasteiger partial charge in [0.05, 0.1) is 19.8 Å². The zero-order chi connectivity index (χ0) is 21.3. The molecule has 1 heterocycles. The molecule has 0 amide bonds. The third-order valence-electron chi connectivity index (χ3n) is 6.31. The van der Waals surface area contributed by atoms with Crippen LogP contribution in [0.15, 0.2) is 40.7 Å². The normalized spacial score (nSPS) is 22.0. The van der Waals surface area contributed by atoms with Crippen molar-refractivity contribution in [3.05, 3.63) is 46.3 Å². The number of hydrogen-bond donors (Lipinski definition) is 1. The van der Waals surface area contributed by atoms with E-state index >= 15 is 0 Å². The number of esters is 1. The molecule has 1 fully saturated rings. The molecule has 0 radical (unpaired) electrons. The van der Waals surface area contributed by atoms with Crippen LogP contribution in [0.1, 0.15) is 63.4 Å². The zero-order valence-corrected chi connectivity index (χ0v) is 17.9. The van der Waals surface area contributed by atoms with Crippen LogP contribution < -0.4 is 14.8 Å². The van der Waals surface area contributed by atoms with E-state index < -0.39 is 5.92 Å². The molecule has 1 atom stereocenters. The maximum atomic E-state index is 13.3.